The molecule has 0 bridgehead atoms. The Morgan fingerprint density at radius 3 is 1.88 bits per heavy atom. The molecule has 0 amide bonds. The molecule has 212 valence electrons. The molecule has 0 unspecified atom stereocenters. The van der Waals surface area contributed by atoms with Crippen molar-refractivity contribution in [3.8, 4) is 11.1 Å². The minimum atomic E-state index is -0.913. The average Bonchev–Trinajstić information content (AvgIpc) is 3.28. The Hall–Kier alpha value is -4.21. The first-order chi connectivity index (χ1) is 19.6. The zero-order chi connectivity index (χ0) is 30.2. The van der Waals surface area contributed by atoms with Gasteiger partial charge in [-0.2, -0.15) is 0 Å². The van der Waals surface area contributed by atoms with Crippen molar-refractivity contribution < 1.29 is 14.6 Å². The minimum absolute atomic E-state index is 0.426. The Kier molecular flexibility index (Phi) is 10.3. The molecule has 0 spiro atoms. The molecular formula is C38H42O3. The lowest BCUT2D eigenvalue weighted by Gasteiger charge is -2.34. The van der Waals surface area contributed by atoms with E-state index in [1.807, 2.05) is 64.1 Å². The molecule has 1 aliphatic carbocycles. The average molecular weight is 547 g/mol. The quantitative estimate of drug-likeness (QED) is 0.174. The van der Waals surface area contributed by atoms with Gasteiger partial charge in [-0.15, -0.1) is 0 Å². The van der Waals surface area contributed by atoms with Crippen LogP contribution < -0.4 is 0 Å². The van der Waals surface area contributed by atoms with Crippen molar-refractivity contribution >= 4 is 5.97 Å². The fourth-order valence-corrected chi connectivity index (χ4v) is 5.20. The number of aliphatic hydroxyl groups is 1. The van der Waals surface area contributed by atoms with Gasteiger partial charge in [-0.1, -0.05) is 111 Å². The number of benzene rings is 3. The van der Waals surface area contributed by atoms with Crippen LogP contribution in [-0.4, -0.2) is 16.7 Å². The topological polar surface area (TPSA) is 46.5 Å². The lowest BCUT2D eigenvalue weighted by Crippen LogP contribution is -2.28. The highest BCUT2D eigenvalue weighted by Crippen LogP contribution is 2.56. The van der Waals surface area contributed by atoms with Gasteiger partial charge in [0.15, 0.2) is 0 Å². The molecule has 1 aliphatic rings. The van der Waals surface area contributed by atoms with E-state index in [2.05, 4.69) is 68.1 Å². The van der Waals surface area contributed by atoms with Gasteiger partial charge in [0.2, 0.25) is 0 Å². The zero-order valence-corrected chi connectivity index (χ0v) is 25.4. The van der Waals surface area contributed by atoms with Crippen molar-refractivity contribution in [2.45, 2.75) is 59.5 Å². The SMILES string of the molecule is C=C/C=C(\C=C/C)OC(=O)c1ccc(C2(/C(C)=C/C=C(\C)C(C)(C)O)c3ccccc3-c3ccccc32)cc1.CC. The van der Waals surface area contributed by atoms with Crippen molar-refractivity contribution in [2.75, 3.05) is 0 Å². The van der Waals surface area contributed by atoms with E-state index in [0.717, 1.165) is 16.7 Å². The maximum atomic E-state index is 12.9. The molecular weight excluding hydrogens is 504 g/mol. The number of ether oxygens (including phenoxy) is 1. The summed E-state index contributed by atoms with van der Waals surface area (Å²) in [4.78, 5) is 12.9. The van der Waals surface area contributed by atoms with E-state index < -0.39 is 17.0 Å². The van der Waals surface area contributed by atoms with Gasteiger partial charge in [0.1, 0.15) is 5.76 Å². The van der Waals surface area contributed by atoms with Crippen LogP contribution in [0.25, 0.3) is 11.1 Å². The van der Waals surface area contributed by atoms with Crippen LogP contribution in [-0.2, 0) is 10.2 Å². The summed E-state index contributed by atoms with van der Waals surface area (Å²) >= 11 is 0. The molecule has 41 heavy (non-hydrogen) atoms. The van der Waals surface area contributed by atoms with Gasteiger partial charge in [-0.25, -0.2) is 4.79 Å². The molecule has 0 heterocycles. The van der Waals surface area contributed by atoms with Gasteiger partial charge in [-0.3, -0.25) is 0 Å². The van der Waals surface area contributed by atoms with Crippen LogP contribution in [0.1, 0.15) is 75.5 Å². The second kappa shape index (κ2) is 13.4. The largest absolute Gasteiger partial charge is 0.423 e. The predicted octanol–water partition coefficient (Wildman–Crippen LogP) is 9.49. The maximum Gasteiger partial charge on any atom is 0.343 e. The number of esters is 1. The number of hydrogen-bond donors (Lipinski definition) is 1. The van der Waals surface area contributed by atoms with Gasteiger partial charge < -0.3 is 9.84 Å². The van der Waals surface area contributed by atoms with Gasteiger partial charge >= 0.3 is 5.97 Å². The van der Waals surface area contributed by atoms with Crippen LogP contribution in [0.4, 0.5) is 0 Å². The fraction of sp³-hybridized carbons (Fsp3) is 0.237. The number of hydrogen-bond acceptors (Lipinski definition) is 3. The van der Waals surface area contributed by atoms with Gasteiger partial charge in [0, 0.05) is 0 Å². The van der Waals surface area contributed by atoms with E-state index in [-0.39, 0.29) is 0 Å². The Balaban J connectivity index is 0.00000226. The summed E-state index contributed by atoms with van der Waals surface area (Å²) in [5.74, 6) is 0.00876. The first-order valence-corrected chi connectivity index (χ1v) is 14.2. The Labute approximate surface area is 245 Å². The number of carbonyl (C=O) groups is 1. The summed E-state index contributed by atoms with van der Waals surface area (Å²) in [6.07, 6.45) is 10.9. The number of rotatable bonds is 8. The summed E-state index contributed by atoms with van der Waals surface area (Å²) in [6.45, 7) is 17.2. The van der Waals surface area contributed by atoms with Crippen LogP contribution in [0.15, 0.2) is 133 Å². The highest BCUT2D eigenvalue weighted by molar-refractivity contribution is 5.91. The Morgan fingerprint density at radius 1 is 0.854 bits per heavy atom. The molecule has 4 rings (SSSR count). The standard InChI is InChI=1S/C36H36O3.C2H6/c1-7-13-29(14-8-2)39-34(37)27-21-23-28(24-22-27)36(26(4)20-19-25(3)35(5,6)38)32-17-11-9-15-30(32)31-16-10-12-18-33(31)36;1-2/h7-24,38H,1H2,2-6H3;1-2H3/b14-8-,25-19+,26-20+,29-13+;. The molecule has 1 N–H and O–H groups in total. The lowest BCUT2D eigenvalue weighted by atomic mass is 9.67. The third kappa shape index (κ3) is 6.26. The summed E-state index contributed by atoms with van der Waals surface area (Å²) < 4.78 is 5.59. The third-order valence-electron chi connectivity index (χ3n) is 7.47. The predicted molar refractivity (Wildman–Crippen MR) is 172 cm³/mol. The van der Waals surface area contributed by atoms with Crippen LogP contribution in [0.3, 0.4) is 0 Å². The van der Waals surface area contributed by atoms with Crippen LogP contribution in [0.5, 0.6) is 0 Å². The molecule has 0 aromatic heterocycles. The van der Waals surface area contributed by atoms with Crippen molar-refractivity contribution in [2.24, 2.45) is 0 Å². The summed E-state index contributed by atoms with van der Waals surface area (Å²) in [6, 6.07) is 24.7. The molecule has 3 heteroatoms. The molecule has 0 fully saturated rings. The van der Waals surface area contributed by atoms with E-state index in [9.17, 15) is 9.90 Å². The van der Waals surface area contributed by atoms with E-state index >= 15 is 0 Å². The van der Waals surface area contributed by atoms with Crippen molar-refractivity contribution in [3.05, 3.63) is 155 Å². The van der Waals surface area contributed by atoms with E-state index in [1.165, 1.54) is 22.3 Å². The maximum absolute atomic E-state index is 12.9. The van der Waals surface area contributed by atoms with E-state index in [1.54, 1.807) is 32.1 Å². The van der Waals surface area contributed by atoms with Crippen LogP contribution in [0, 0.1) is 0 Å². The summed E-state index contributed by atoms with van der Waals surface area (Å²) in [5, 5.41) is 10.5. The summed E-state index contributed by atoms with van der Waals surface area (Å²) in [7, 11) is 0. The highest BCUT2D eigenvalue weighted by Gasteiger charge is 2.45. The lowest BCUT2D eigenvalue weighted by molar-refractivity contribution is 0.0637. The Bertz CT molecular complexity index is 1460. The normalized spacial score (nSPS) is 14.6. The fourth-order valence-electron chi connectivity index (χ4n) is 5.20. The van der Waals surface area contributed by atoms with Crippen LogP contribution in [0.2, 0.25) is 0 Å². The Morgan fingerprint density at radius 2 is 1.39 bits per heavy atom. The van der Waals surface area contributed by atoms with E-state index in [0.29, 0.717) is 11.3 Å². The zero-order valence-electron chi connectivity index (χ0n) is 25.4. The van der Waals surface area contributed by atoms with Crippen molar-refractivity contribution in [1.82, 2.24) is 0 Å². The molecule has 0 saturated heterocycles. The second-order valence-electron chi connectivity index (χ2n) is 10.4. The molecule has 0 atom stereocenters. The summed E-state index contributed by atoms with van der Waals surface area (Å²) in [5.41, 5.74) is 6.79. The monoisotopic (exact) mass is 546 g/mol. The molecule has 0 aliphatic heterocycles. The highest BCUT2D eigenvalue weighted by atomic mass is 16.5. The molecule has 0 radical (unpaired) electrons. The smallest absolute Gasteiger partial charge is 0.343 e. The van der Waals surface area contributed by atoms with E-state index in [4.69, 9.17) is 4.74 Å². The first kappa shape index (κ1) is 31.3. The number of carbonyl (C=O) groups excluding carboxylic acids is 1. The van der Waals surface area contributed by atoms with Gasteiger partial charge in [0.25, 0.3) is 0 Å². The molecule has 3 aromatic rings. The van der Waals surface area contributed by atoms with Crippen LogP contribution >= 0.6 is 0 Å². The minimum Gasteiger partial charge on any atom is -0.423 e. The van der Waals surface area contributed by atoms with Gasteiger partial charge in [-0.05, 0) is 92.3 Å². The van der Waals surface area contributed by atoms with Crippen molar-refractivity contribution in [3.63, 3.8) is 0 Å². The number of allylic oxidation sites excluding steroid dienone is 7. The molecule has 3 aromatic carbocycles. The van der Waals surface area contributed by atoms with Gasteiger partial charge in [0.05, 0.1) is 16.6 Å². The first-order valence-electron chi connectivity index (χ1n) is 14.2. The number of fused-ring (bicyclic) bond motifs is 3. The molecule has 3 nitrogen and oxygen atoms in total. The molecule has 0 saturated carbocycles. The second-order valence-corrected chi connectivity index (χ2v) is 10.4. The third-order valence-corrected chi connectivity index (χ3v) is 7.47. The van der Waals surface area contributed by atoms with Crippen molar-refractivity contribution in [1.29, 1.82) is 0 Å².